The molecule has 0 spiro atoms. The second-order valence-corrected chi connectivity index (χ2v) is 19.5. The van der Waals surface area contributed by atoms with E-state index in [2.05, 4.69) is 41.2 Å². The molecule has 2 fully saturated rings. The zero-order valence-corrected chi connectivity index (χ0v) is 42.7. The SMILES string of the molecule is COC(=O)C(Cc1cc(F)c(Oc2ccc(C=C3SC(=O)NC3=O)cc2)c(F)c1)NC(=O)C(N)Cc1cnc[nH]1.NC(Cc1cnc[nH]1)C(=O)NC(Cc1cc(F)c(Oc2ccc(CC3SC(=O)NC3=O)cc2)c(F)c1)C(=O)O. The van der Waals surface area contributed by atoms with Crippen molar-refractivity contribution in [3.63, 3.8) is 0 Å². The molecular formula is C51H46F4N10O12S2. The molecule has 0 bridgehead atoms. The number of aromatic amines is 2. The van der Waals surface area contributed by atoms with E-state index in [1.807, 2.05) is 0 Å². The number of H-pyrrole nitrogens is 2. The number of carboxylic acid groups (broad SMARTS) is 1. The first-order valence-electron chi connectivity index (χ1n) is 23.4. The summed E-state index contributed by atoms with van der Waals surface area (Å²) < 4.78 is 74.8. The van der Waals surface area contributed by atoms with Gasteiger partial charge in [-0.2, -0.15) is 0 Å². The minimum atomic E-state index is -1.49. The lowest BCUT2D eigenvalue weighted by molar-refractivity contribution is -0.145. The second kappa shape index (κ2) is 26.5. The highest BCUT2D eigenvalue weighted by Crippen LogP contribution is 2.33. The summed E-state index contributed by atoms with van der Waals surface area (Å²) in [4.78, 5) is 108. The number of hydrogen-bond donors (Lipinski definition) is 9. The maximum Gasteiger partial charge on any atom is 0.328 e. The minimum absolute atomic E-state index is 0.0237. The van der Waals surface area contributed by atoms with Gasteiger partial charge in [-0.1, -0.05) is 36.0 Å². The maximum absolute atomic E-state index is 14.9. The van der Waals surface area contributed by atoms with Crippen LogP contribution in [0.4, 0.5) is 27.2 Å². The van der Waals surface area contributed by atoms with Gasteiger partial charge in [0.15, 0.2) is 34.8 Å². The van der Waals surface area contributed by atoms with Crippen molar-refractivity contribution >= 4 is 75.6 Å². The first-order valence-corrected chi connectivity index (χ1v) is 25.0. The molecule has 28 heteroatoms. The van der Waals surface area contributed by atoms with E-state index in [1.54, 1.807) is 24.3 Å². The Balaban J connectivity index is 0.000000229. The Morgan fingerprint density at radius 1 is 0.684 bits per heavy atom. The Hall–Kier alpha value is -8.86. The lowest BCUT2D eigenvalue weighted by atomic mass is 10.0. The quantitative estimate of drug-likeness (QED) is 0.0269. The van der Waals surface area contributed by atoms with Crippen LogP contribution >= 0.6 is 23.5 Å². The molecule has 6 amide bonds. The first kappa shape index (κ1) is 57.8. The molecule has 4 heterocycles. The number of nitrogens with one attached hydrogen (secondary N) is 6. The summed E-state index contributed by atoms with van der Waals surface area (Å²) in [7, 11) is 1.12. The number of hydrogen-bond acceptors (Lipinski definition) is 17. The van der Waals surface area contributed by atoms with Gasteiger partial charge in [0.25, 0.3) is 16.4 Å². The van der Waals surface area contributed by atoms with Crippen LogP contribution in [0.15, 0.2) is 103 Å². The van der Waals surface area contributed by atoms with Crippen molar-refractivity contribution in [2.75, 3.05) is 7.11 Å². The van der Waals surface area contributed by atoms with Crippen LogP contribution in [-0.2, 0) is 65.6 Å². The van der Waals surface area contributed by atoms with Crippen molar-refractivity contribution in [3.8, 4) is 23.0 Å². The summed E-state index contributed by atoms with van der Waals surface area (Å²) in [5.41, 5.74) is 14.2. The van der Waals surface area contributed by atoms with Crippen LogP contribution < -0.4 is 42.2 Å². The van der Waals surface area contributed by atoms with Crippen molar-refractivity contribution < 1.29 is 75.2 Å². The standard InChI is InChI=1S/C26H23F2N5O6S.C25H23F2N5O6S/c1-38-25(36)20(32-23(34)19(29)10-15-11-30-12-31-15)8-14-6-17(27)22(18(28)7-14)39-16-4-2-13(3-5-16)9-21-24(35)33-26(37)40-21;26-16-5-13(7-19(24(35)36)31-22(33)18(28)9-14-10-29-11-30-14)6-17(27)21(16)38-15-3-1-12(2-4-15)8-20-23(34)32-25(37)39-20/h2-7,9,11-12,19-20H,8,10,29H2,1H3,(H,30,31)(H,32,34)(H,33,35,37);1-6,10-11,18-20H,7-9,28H2,(H,29,30)(H,31,33)(H,35,36)(H,32,34,37). The highest BCUT2D eigenvalue weighted by molar-refractivity contribution is 8.18. The van der Waals surface area contributed by atoms with E-state index in [4.69, 9.17) is 25.7 Å². The van der Waals surface area contributed by atoms with Gasteiger partial charge in [0.1, 0.15) is 23.6 Å². The first-order chi connectivity index (χ1) is 37.7. The van der Waals surface area contributed by atoms with E-state index in [-0.39, 0.29) is 59.1 Å². The van der Waals surface area contributed by atoms with Gasteiger partial charge in [-0.15, -0.1) is 0 Å². The predicted molar refractivity (Wildman–Crippen MR) is 275 cm³/mol. The zero-order valence-electron chi connectivity index (χ0n) is 41.1. The molecule has 0 radical (unpaired) electrons. The van der Waals surface area contributed by atoms with E-state index in [9.17, 15) is 61.0 Å². The number of aromatic nitrogens is 4. The van der Waals surface area contributed by atoms with E-state index in [0.717, 1.165) is 54.9 Å². The topological polar surface area (TPSA) is 342 Å². The van der Waals surface area contributed by atoms with E-state index < -0.39 is 111 Å². The number of carboxylic acids is 1. The number of carbonyl (C=O) groups excluding carboxylic acids is 7. The predicted octanol–water partition coefficient (Wildman–Crippen LogP) is 4.63. The van der Waals surface area contributed by atoms with Crippen LogP contribution in [0.5, 0.6) is 23.0 Å². The van der Waals surface area contributed by atoms with Crippen molar-refractivity contribution in [2.24, 2.45) is 11.5 Å². The molecule has 0 saturated carbocycles. The van der Waals surface area contributed by atoms with Crippen molar-refractivity contribution in [2.45, 2.75) is 61.5 Å². The second-order valence-electron chi connectivity index (χ2n) is 17.3. The number of thioether (sulfide) groups is 2. The molecule has 22 nitrogen and oxygen atoms in total. The summed E-state index contributed by atoms with van der Waals surface area (Å²) in [5, 5.41) is 17.2. The Bertz CT molecular complexity index is 3240. The molecule has 2 aliphatic heterocycles. The number of nitrogens with zero attached hydrogens (tertiary/aromatic N) is 2. The molecule has 2 aromatic heterocycles. The summed E-state index contributed by atoms with van der Waals surface area (Å²) >= 11 is 1.65. The van der Waals surface area contributed by atoms with Crippen molar-refractivity contribution in [1.29, 1.82) is 0 Å². The van der Waals surface area contributed by atoms with Crippen LogP contribution in [-0.4, -0.2) is 108 Å². The van der Waals surface area contributed by atoms with Crippen LogP contribution in [0.3, 0.4) is 0 Å². The third-order valence-electron chi connectivity index (χ3n) is 11.4. The number of nitrogens with two attached hydrogens (primary N) is 2. The van der Waals surface area contributed by atoms with Crippen molar-refractivity contribution in [3.05, 3.63) is 160 Å². The number of amides is 6. The normalized spacial score (nSPS) is 15.9. The Morgan fingerprint density at radius 3 is 1.58 bits per heavy atom. The largest absolute Gasteiger partial charge is 0.480 e. The third kappa shape index (κ3) is 16.1. The van der Waals surface area contributed by atoms with Crippen LogP contribution in [0, 0.1) is 23.3 Å². The van der Waals surface area contributed by atoms with Crippen LogP contribution in [0.25, 0.3) is 6.08 Å². The molecule has 4 aromatic carbocycles. The number of benzene rings is 4. The Morgan fingerprint density at radius 2 is 1.16 bits per heavy atom. The Kier molecular flexibility index (Phi) is 19.4. The average molecular weight is 1130 g/mol. The van der Waals surface area contributed by atoms with Gasteiger partial charge < -0.3 is 51.4 Å². The summed E-state index contributed by atoms with van der Waals surface area (Å²) in [6, 6.07) is 11.1. The number of imide groups is 2. The molecule has 5 atom stereocenters. The smallest absolute Gasteiger partial charge is 0.328 e. The van der Waals surface area contributed by atoms with Crippen LogP contribution in [0.1, 0.15) is 33.6 Å². The molecule has 79 heavy (non-hydrogen) atoms. The lowest BCUT2D eigenvalue weighted by Gasteiger charge is -2.19. The molecule has 2 saturated heterocycles. The highest BCUT2D eigenvalue weighted by Gasteiger charge is 2.32. The van der Waals surface area contributed by atoms with Crippen LogP contribution in [0.2, 0.25) is 0 Å². The lowest BCUT2D eigenvalue weighted by Crippen LogP contribution is -2.50. The molecule has 2 aliphatic rings. The fraction of sp³-hybridized carbons (Fsp3) is 0.216. The monoisotopic (exact) mass is 1130 g/mol. The van der Waals surface area contributed by atoms with Gasteiger partial charge >= 0.3 is 11.9 Å². The van der Waals surface area contributed by atoms with Gasteiger partial charge in [0.2, 0.25) is 17.7 Å². The van der Waals surface area contributed by atoms with Gasteiger partial charge in [-0.05, 0) is 95.0 Å². The average Bonchev–Trinajstić information content (AvgIpc) is 4.25. The maximum atomic E-state index is 14.9. The summed E-state index contributed by atoms with van der Waals surface area (Å²) in [6.07, 6.45) is 7.13. The molecular weight excluding hydrogens is 1080 g/mol. The highest BCUT2D eigenvalue weighted by atomic mass is 32.2. The number of carbonyl (C=O) groups is 8. The number of imidazole rings is 2. The van der Waals surface area contributed by atoms with Gasteiger partial charge in [0, 0.05) is 49.5 Å². The van der Waals surface area contributed by atoms with Crippen molar-refractivity contribution in [1.82, 2.24) is 41.2 Å². The fourth-order valence-corrected chi connectivity index (χ4v) is 9.09. The third-order valence-corrected chi connectivity index (χ3v) is 13.2. The van der Waals surface area contributed by atoms with E-state index in [1.165, 1.54) is 55.4 Å². The summed E-state index contributed by atoms with van der Waals surface area (Å²) in [6.45, 7) is 0. The van der Waals surface area contributed by atoms with E-state index >= 15 is 0 Å². The molecule has 0 aliphatic carbocycles. The zero-order chi connectivity index (χ0) is 56.9. The number of halogens is 4. The molecule has 412 valence electrons. The van der Waals surface area contributed by atoms with Gasteiger partial charge in [-0.25, -0.2) is 37.1 Å². The van der Waals surface area contributed by atoms with E-state index in [0.29, 0.717) is 22.5 Å². The number of aliphatic carboxylic acids is 1. The number of rotatable bonds is 21. The number of ether oxygens (including phenoxy) is 3. The van der Waals surface area contributed by atoms with Gasteiger partial charge in [0.05, 0.1) is 42.0 Å². The Labute approximate surface area is 453 Å². The molecule has 11 N–H and O–H groups in total. The number of methoxy groups -OCH3 is 1. The molecule has 8 rings (SSSR count). The summed E-state index contributed by atoms with van der Waals surface area (Å²) in [5.74, 6) is -9.89. The van der Waals surface area contributed by atoms with Gasteiger partial charge in [-0.3, -0.25) is 39.4 Å². The number of esters is 1. The molecule has 5 unspecified atom stereocenters. The minimum Gasteiger partial charge on any atom is -0.480 e. The fourth-order valence-electron chi connectivity index (χ4n) is 7.55. The molecule has 6 aromatic rings.